The van der Waals surface area contributed by atoms with Crippen molar-refractivity contribution in [1.29, 1.82) is 0 Å². The molecule has 3 heterocycles. The molecule has 2 N–H and O–H groups in total. The van der Waals surface area contributed by atoms with E-state index in [1.807, 2.05) is 0 Å². The first kappa shape index (κ1) is 10.2. The van der Waals surface area contributed by atoms with Gasteiger partial charge in [0.25, 0.3) is 0 Å². The number of piperidine rings is 1. The van der Waals surface area contributed by atoms with E-state index in [-0.39, 0.29) is 11.3 Å². The Morgan fingerprint density at radius 1 is 1.22 bits per heavy atom. The number of carbonyl (C=O) groups is 1. The summed E-state index contributed by atoms with van der Waals surface area (Å²) in [7, 11) is 0. The Hall–Kier alpha value is -1.71. The second kappa shape index (κ2) is 3.40. The summed E-state index contributed by atoms with van der Waals surface area (Å²) in [5.41, 5.74) is 3.71. The molecule has 18 heavy (non-hydrogen) atoms. The number of ether oxygens (including phenoxy) is 1. The van der Waals surface area contributed by atoms with E-state index in [4.69, 9.17) is 4.74 Å². The average molecular weight is 244 g/mol. The number of hydrogen-bond acceptors (Lipinski definition) is 3. The average Bonchev–Trinajstić information content (AvgIpc) is 2.93. The summed E-state index contributed by atoms with van der Waals surface area (Å²) >= 11 is 0. The minimum Gasteiger partial charge on any atom is -0.492 e. The molecule has 4 heteroatoms. The number of carbonyl (C=O) groups excluding carboxylic acids is 1. The maximum atomic E-state index is 11.7. The number of fused-ring (bicyclic) bond motifs is 3. The molecule has 0 bridgehead atoms. The highest BCUT2D eigenvalue weighted by molar-refractivity contribution is 5.79. The molecule has 3 aliphatic rings. The Morgan fingerprint density at radius 3 is 3.06 bits per heavy atom. The fourth-order valence-corrected chi connectivity index (χ4v) is 3.41. The van der Waals surface area contributed by atoms with E-state index >= 15 is 0 Å². The number of rotatable bonds is 0. The van der Waals surface area contributed by atoms with Gasteiger partial charge in [-0.15, -0.1) is 0 Å². The third kappa shape index (κ3) is 1.29. The molecule has 1 aromatic rings. The lowest BCUT2D eigenvalue weighted by Crippen LogP contribution is -2.44. The lowest BCUT2D eigenvalue weighted by Gasteiger charge is -2.31. The molecule has 4 rings (SSSR count). The van der Waals surface area contributed by atoms with E-state index in [1.165, 1.54) is 16.8 Å². The molecule has 0 aliphatic carbocycles. The molecule has 4 nitrogen and oxygen atoms in total. The van der Waals surface area contributed by atoms with E-state index in [9.17, 15) is 4.79 Å². The van der Waals surface area contributed by atoms with Crippen LogP contribution in [0, 0.1) is 0 Å². The summed E-state index contributed by atoms with van der Waals surface area (Å²) in [5, 5.41) is 6.31. The summed E-state index contributed by atoms with van der Waals surface area (Å²) in [5.74, 6) is 1.14. The highest BCUT2D eigenvalue weighted by Crippen LogP contribution is 2.47. The largest absolute Gasteiger partial charge is 0.492 e. The van der Waals surface area contributed by atoms with E-state index in [0.29, 0.717) is 13.0 Å². The van der Waals surface area contributed by atoms with Crippen LogP contribution in [0.1, 0.15) is 24.0 Å². The molecule has 0 aromatic heterocycles. The fourth-order valence-electron chi connectivity index (χ4n) is 3.41. The van der Waals surface area contributed by atoms with Crippen LogP contribution in [-0.4, -0.2) is 25.6 Å². The van der Waals surface area contributed by atoms with Crippen molar-refractivity contribution in [2.45, 2.75) is 24.7 Å². The second-order valence-electron chi connectivity index (χ2n) is 5.53. The van der Waals surface area contributed by atoms with Crippen LogP contribution in [0.3, 0.4) is 0 Å². The molecule has 0 saturated carbocycles. The van der Waals surface area contributed by atoms with E-state index in [1.54, 1.807) is 0 Å². The summed E-state index contributed by atoms with van der Waals surface area (Å²) in [6.45, 7) is 2.41. The van der Waals surface area contributed by atoms with Crippen LogP contribution in [0.2, 0.25) is 0 Å². The minimum absolute atomic E-state index is 0.0863. The number of amides is 1. The van der Waals surface area contributed by atoms with Crippen LogP contribution in [0.5, 0.6) is 5.75 Å². The maximum Gasteiger partial charge on any atom is 0.221 e. The van der Waals surface area contributed by atoms with Gasteiger partial charge in [-0.25, -0.2) is 0 Å². The Kier molecular flexibility index (Phi) is 1.93. The summed E-state index contributed by atoms with van der Waals surface area (Å²) < 4.78 is 5.86. The van der Waals surface area contributed by atoms with Crippen LogP contribution in [-0.2, 0) is 16.6 Å². The molecule has 1 fully saturated rings. The van der Waals surface area contributed by atoms with Crippen molar-refractivity contribution in [3.8, 4) is 5.75 Å². The molecule has 1 spiro atoms. The molecule has 1 atom stereocenters. The maximum absolute atomic E-state index is 11.7. The SMILES string of the molecule is O=C1CC2(CCN1)COc1cc3c(cc12)NCC3. The van der Waals surface area contributed by atoms with Gasteiger partial charge in [-0.3, -0.25) is 4.79 Å². The lowest BCUT2D eigenvalue weighted by molar-refractivity contribution is -0.124. The highest BCUT2D eigenvalue weighted by atomic mass is 16.5. The third-order valence-electron chi connectivity index (χ3n) is 4.42. The first-order valence-corrected chi connectivity index (χ1v) is 6.58. The van der Waals surface area contributed by atoms with Crippen LogP contribution < -0.4 is 15.4 Å². The van der Waals surface area contributed by atoms with Crippen LogP contribution in [0.15, 0.2) is 12.1 Å². The summed E-state index contributed by atoms with van der Waals surface area (Å²) in [4.78, 5) is 11.7. The van der Waals surface area contributed by atoms with Crippen molar-refractivity contribution in [2.24, 2.45) is 0 Å². The van der Waals surface area contributed by atoms with Crippen molar-refractivity contribution in [3.05, 3.63) is 23.3 Å². The Labute approximate surface area is 106 Å². The normalized spacial score (nSPS) is 28.3. The number of hydrogen-bond donors (Lipinski definition) is 2. The van der Waals surface area contributed by atoms with Gasteiger partial charge in [0.15, 0.2) is 0 Å². The van der Waals surface area contributed by atoms with Gasteiger partial charge in [0.05, 0.1) is 6.61 Å². The van der Waals surface area contributed by atoms with Crippen molar-refractivity contribution in [2.75, 3.05) is 25.0 Å². The zero-order chi connectivity index (χ0) is 12.2. The Morgan fingerprint density at radius 2 is 2.17 bits per heavy atom. The molecule has 0 radical (unpaired) electrons. The summed E-state index contributed by atoms with van der Waals surface area (Å²) in [6.07, 6.45) is 2.60. The van der Waals surface area contributed by atoms with Crippen LogP contribution in [0.25, 0.3) is 0 Å². The van der Waals surface area contributed by atoms with E-state index in [2.05, 4.69) is 22.8 Å². The van der Waals surface area contributed by atoms with Crippen molar-refractivity contribution >= 4 is 11.6 Å². The zero-order valence-corrected chi connectivity index (χ0v) is 10.2. The van der Waals surface area contributed by atoms with Crippen molar-refractivity contribution in [1.82, 2.24) is 5.32 Å². The van der Waals surface area contributed by atoms with Gasteiger partial charge in [-0.05, 0) is 30.5 Å². The van der Waals surface area contributed by atoms with Crippen molar-refractivity contribution < 1.29 is 9.53 Å². The Balaban J connectivity index is 1.81. The van der Waals surface area contributed by atoms with Crippen LogP contribution in [0.4, 0.5) is 5.69 Å². The number of benzene rings is 1. The van der Waals surface area contributed by atoms with Gasteiger partial charge >= 0.3 is 0 Å². The quantitative estimate of drug-likeness (QED) is 0.721. The minimum atomic E-state index is -0.0863. The van der Waals surface area contributed by atoms with Gasteiger partial charge in [0.1, 0.15) is 5.75 Å². The second-order valence-corrected chi connectivity index (χ2v) is 5.53. The molecule has 1 amide bonds. The predicted molar refractivity (Wildman–Crippen MR) is 68.1 cm³/mol. The first-order valence-electron chi connectivity index (χ1n) is 6.58. The number of anilines is 1. The monoisotopic (exact) mass is 244 g/mol. The predicted octanol–water partition coefficient (Wildman–Crippen LogP) is 1.19. The third-order valence-corrected chi connectivity index (χ3v) is 4.42. The summed E-state index contributed by atoms with van der Waals surface area (Å²) in [6, 6.07) is 4.37. The smallest absolute Gasteiger partial charge is 0.221 e. The van der Waals surface area contributed by atoms with Gasteiger partial charge in [0.2, 0.25) is 5.91 Å². The van der Waals surface area contributed by atoms with Crippen LogP contribution >= 0.6 is 0 Å². The molecule has 1 unspecified atom stereocenters. The van der Waals surface area contributed by atoms with E-state index in [0.717, 1.165) is 31.7 Å². The molecule has 3 aliphatic heterocycles. The molecule has 1 aromatic carbocycles. The van der Waals surface area contributed by atoms with Gasteiger partial charge in [0, 0.05) is 36.2 Å². The van der Waals surface area contributed by atoms with Crippen molar-refractivity contribution in [3.63, 3.8) is 0 Å². The standard InChI is InChI=1S/C14H16N2O2/c17-13-7-14(2-4-16-13)8-18-12-5-9-1-3-15-11(9)6-10(12)14/h5-6,15H,1-4,7-8H2,(H,16,17). The molecular weight excluding hydrogens is 228 g/mol. The highest BCUT2D eigenvalue weighted by Gasteiger charge is 2.44. The fraction of sp³-hybridized carbons (Fsp3) is 0.500. The first-order chi connectivity index (χ1) is 8.77. The lowest BCUT2D eigenvalue weighted by atomic mass is 9.74. The van der Waals surface area contributed by atoms with E-state index < -0.39 is 0 Å². The topological polar surface area (TPSA) is 50.4 Å². The molecule has 1 saturated heterocycles. The molecular formula is C14H16N2O2. The number of nitrogens with one attached hydrogen (secondary N) is 2. The van der Waals surface area contributed by atoms with Gasteiger partial charge in [-0.1, -0.05) is 0 Å². The zero-order valence-electron chi connectivity index (χ0n) is 10.2. The molecule has 94 valence electrons. The van der Waals surface area contributed by atoms with Gasteiger partial charge < -0.3 is 15.4 Å². The Bertz CT molecular complexity index is 541. The van der Waals surface area contributed by atoms with Gasteiger partial charge in [-0.2, -0.15) is 0 Å².